The summed E-state index contributed by atoms with van der Waals surface area (Å²) in [5.74, 6) is -0.550. The predicted molar refractivity (Wildman–Crippen MR) is 94.4 cm³/mol. The van der Waals surface area contributed by atoms with E-state index in [1.54, 1.807) is 11.3 Å². The van der Waals surface area contributed by atoms with Crippen molar-refractivity contribution < 1.29 is 8.78 Å². The number of aliphatic imine (C=N–C) groups is 1. The van der Waals surface area contributed by atoms with Crippen molar-refractivity contribution in [3.8, 4) is 0 Å². The Labute approximate surface area is 145 Å². The molecule has 0 aliphatic heterocycles. The molecule has 0 radical (unpaired) electrons. The van der Waals surface area contributed by atoms with Gasteiger partial charge in [-0.05, 0) is 25.5 Å². The fourth-order valence-corrected chi connectivity index (χ4v) is 2.94. The Bertz CT molecular complexity index is 700. The maximum atomic E-state index is 13.8. The third kappa shape index (κ3) is 5.26. The van der Waals surface area contributed by atoms with Crippen molar-refractivity contribution in [1.29, 1.82) is 0 Å². The molecule has 0 spiro atoms. The van der Waals surface area contributed by atoms with E-state index in [9.17, 15) is 8.78 Å². The van der Waals surface area contributed by atoms with E-state index in [0.717, 1.165) is 22.5 Å². The quantitative estimate of drug-likeness (QED) is 0.617. The van der Waals surface area contributed by atoms with Crippen molar-refractivity contribution in [3.63, 3.8) is 0 Å². The number of nitrogens with one attached hydrogen (secondary N) is 2. The van der Waals surface area contributed by atoms with Gasteiger partial charge in [0.2, 0.25) is 0 Å². The Hall–Kier alpha value is -2.02. The number of thiazole rings is 1. The molecular formula is C17H22F2N4S. The van der Waals surface area contributed by atoms with E-state index in [2.05, 4.69) is 20.6 Å². The lowest BCUT2D eigenvalue weighted by molar-refractivity contribution is 0.556. The molecule has 1 unspecified atom stereocenters. The lowest BCUT2D eigenvalue weighted by Gasteiger charge is -2.16. The molecule has 1 atom stereocenters. The normalized spacial score (nSPS) is 13.0. The van der Waals surface area contributed by atoms with Gasteiger partial charge in [0.05, 0.1) is 6.54 Å². The first kappa shape index (κ1) is 18.3. The van der Waals surface area contributed by atoms with Crippen LogP contribution in [-0.4, -0.2) is 24.0 Å². The number of nitrogens with zero attached hydrogens (tertiary/aromatic N) is 2. The Balaban J connectivity index is 1.97. The van der Waals surface area contributed by atoms with Crippen LogP contribution in [0.1, 0.15) is 35.2 Å². The molecule has 7 heteroatoms. The summed E-state index contributed by atoms with van der Waals surface area (Å²) in [4.78, 5) is 9.92. The number of rotatable bonds is 6. The third-order valence-corrected chi connectivity index (χ3v) is 4.35. The molecule has 0 fully saturated rings. The SMILES string of the molecule is CCNC(=NCc1ncc(C)s1)NCC(C)c1ccc(F)cc1F. The third-order valence-electron chi connectivity index (χ3n) is 3.45. The molecule has 1 aromatic carbocycles. The van der Waals surface area contributed by atoms with E-state index in [4.69, 9.17) is 0 Å². The molecule has 2 N–H and O–H groups in total. The highest BCUT2D eigenvalue weighted by molar-refractivity contribution is 7.11. The van der Waals surface area contributed by atoms with E-state index in [1.807, 2.05) is 27.0 Å². The number of hydrogen-bond donors (Lipinski definition) is 2. The lowest BCUT2D eigenvalue weighted by atomic mass is 10.0. The molecule has 0 saturated heterocycles. The zero-order chi connectivity index (χ0) is 17.5. The molecular weight excluding hydrogens is 330 g/mol. The van der Waals surface area contributed by atoms with Crippen LogP contribution in [0.3, 0.4) is 0 Å². The van der Waals surface area contributed by atoms with Gasteiger partial charge < -0.3 is 10.6 Å². The number of benzene rings is 1. The second-order valence-electron chi connectivity index (χ2n) is 5.51. The van der Waals surface area contributed by atoms with Crippen molar-refractivity contribution in [2.45, 2.75) is 33.2 Å². The molecule has 1 aromatic heterocycles. The molecule has 0 bridgehead atoms. The zero-order valence-corrected chi connectivity index (χ0v) is 14.9. The van der Waals surface area contributed by atoms with Crippen LogP contribution < -0.4 is 10.6 Å². The van der Waals surface area contributed by atoms with E-state index < -0.39 is 11.6 Å². The van der Waals surface area contributed by atoms with Crippen LogP contribution in [0.2, 0.25) is 0 Å². The van der Waals surface area contributed by atoms with Gasteiger partial charge in [-0.25, -0.2) is 18.8 Å². The van der Waals surface area contributed by atoms with Crippen LogP contribution >= 0.6 is 11.3 Å². The van der Waals surface area contributed by atoms with Crippen LogP contribution in [0.5, 0.6) is 0 Å². The van der Waals surface area contributed by atoms with Crippen LogP contribution in [0.15, 0.2) is 29.4 Å². The van der Waals surface area contributed by atoms with Crippen LogP contribution in [-0.2, 0) is 6.54 Å². The minimum Gasteiger partial charge on any atom is -0.357 e. The number of halogens is 2. The van der Waals surface area contributed by atoms with Crippen molar-refractivity contribution in [2.75, 3.05) is 13.1 Å². The fourth-order valence-electron chi connectivity index (χ4n) is 2.22. The molecule has 24 heavy (non-hydrogen) atoms. The summed E-state index contributed by atoms with van der Waals surface area (Å²) in [5, 5.41) is 7.29. The fraction of sp³-hybridized carbons (Fsp3) is 0.412. The van der Waals surface area contributed by atoms with Gasteiger partial charge >= 0.3 is 0 Å². The number of hydrogen-bond acceptors (Lipinski definition) is 3. The Kier molecular flexibility index (Phi) is 6.66. The number of aromatic nitrogens is 1. The molecule has 2 rings (SSSR count). The summed E-state index contributed by atoms with van der Waals surface area (Å²) in [6.07, 6.45) is 1.83. The van der Waals surface area contributed by atoms with Crippen molar-refractivity contribution in [3.05, 3.63) is 51.5 Å². The van der Waals surface area contributed by atoms with Gasteiger partial charge in [0, 0.05) is 36.1 Å². The summed E-state index contributed by atoms with van der Waals surface area (Å²) in [6.45, 7) is 7.58. The van der Waals surface area contributed by atoms with Crippen molar-refractivity contribution in [1.82, 2.24) is 15.6 Å². The Morgan fingerprint density at radius 2 is 2.12 bits per heavy atom. The van der Waals surface area contributed by atoms with Crippen LogP contribution in [0.4, 0.5) is 8.78 Å². The Morgan fingerprint density at radius 3 is 2.75 bits per heavy atom. The van der Waals surface area contributed by atoms with Crippen molar-refractivity contribution >= 4 is 17.3 Å². The summed E-state index contributed by atoms with van der Waals surface area (Å²) in [5.41, 5.74) is 0.482. The molecule has 0 amide bonds. The summed E-state index contributed by atoms with van der Waals surface area (Å²) < 4.78 is 26.8. The van der Waals surface area contributed by atoms with Gasteiger partial charge in [0.25, 0.3) is 0 Å². The molecule has 0 aliphatic carbocycles. The first-order valence-electron chi connectivity index (χ1n) is 7.88. The van der Waals surface area contributed by atoms with Crippen LogP contribution in [0, 0.1) is 18.6 Å². The smallest absolute Gasteiger partial charge is 0.191 e. The van der Waals surface area contributed by atoms with E-state index in [0.29, 0.717) is 24.6 Å². The highest BCUT2D eigenvalue weighted by Gasteiger charge is 2.12. The highest BCUT2D eigenvalue weighted by atomic mass is 32.1. The zero-order valence-electron chi connectivity index (χ0n) is 14.1. The molecule has 0 saturated carbocycles. The van der Waals surface area contributed by atoms with E-state index in [-0.39, 0.29) is 5.92 Å². The molecule has 130 valence electrons. The second kappa shape index (κ2) is 8.73. The molecule has 0 aliphatic rings. The average molecular weight is 352 g/mol. The summed E-state index contributed by atoms with van der Waals surface area (Å²) in [7, 11) is 0. The number of guanidine groups is 1. The van der Waals surface area contributed by atoms with Gasteiger partial charge in [-0.3, -0.25) is 0 Å². The molecule has 1 heterocycles. The molecule has 2 aromatic rings. The minimum atomic E-state index is -0.565. The molecule has 4 nitrogen and oxygen atoms in total. The topological polar surface area (TPSA) is 49.3 Å². The first-order valence-corrected chi connectivity index (χ1v) is 8.69. The van der Waals surface area contributed by atoms with Gasteiger partial charge in [-0.2, -0.15) is 0 Å². The van der Waals surface area contributed by atoms with Gasteiger partial charge in [-0.1, -0.05) is 13.0 Å². The van der Waals surface area contributed by atoms with E-state index >= 15 is 0 Å². The standard InChI is InChI=1S/C17H22F2N4S/c1-4-20-17(23-10-16-21-9-12(3)24-16)22-8-11(2)14-6-5-13(18)7-15(14)19/h5-7,9,11H,4,8,10H2,1-3H3,(H2,20,22,23). The predicted octanol–water partition coefficient (Wildman–Crippen LogP) is 3.59. The monoisotopic (exact) mass is 352 g/mol. The second-order valence-corrected chi connectivity index (χ2v) is 6.83. The maximum absolute atomic E-state index is 13.8. The van der Waals surface area contributed by atoms with Crippen molar-refractivity contribution in [2.24, 2.45) is 4.99 Å². The van der Waals surface area contributed by atoms with Gasteiger partial charge in [0.1, 0.15) is 16.6 Å². The highest BCUT2D eigenvalue weighted by Crippen LogP contribution is 2.19. The maximum Gasteiger partial charge on any atom is 0.191 e. The van der Waals surface area contributed by atoms with E-state index in [1.165, 1.54) is 12.1 Å². The summed E-state index contributed by atoms with van der Waals surface area (Å²) in [6, 6.07) is 3.67. The lowest BCUT2D eigenvalue weighted by Crippen LogP contribution is -2.39. The minimum absolute atomic E-state index is 0.114. The largest absolute Gasteiger partial charge is 0.357 e. The van der Waals surface area contributed by atoms with Gasteiger partial charge in [-0.15, -0.1) is 11.3 Å². The average Bonchev–Trinajstić information content (AvgIpc) is 2.95. The number of aryl methyl sites for hydroxylation is 1. The first-order chi connectivity index (χ1) is 11.5. The van der Waals surface area contributed by atoms with Crippen LogP contribution in [0.25, 0.3) is 0 Å². The summed E-state index contributed by atoms with van der Waals surface area (Å²) >= 11 is 1.61. The Morgan fingerprint density at radius 1 is 1.33 bits per heavy atom. The van der Waals surface area contributed by atoms with Gasteiger partial charge in [0.15, 0.2) is 5.96 Å².